The molecule has 1 nitrogen and oxygen atoms in total. The number of aryl methyl sites for hydroxylation is 1. The highest BCUT2D eigenvalue weighted by Gasteiger charge is 2.31. The molecule has 3 rings (SSSR count). The third kappa shape index (κ3) is 3.02. The van der Waals surface area contributed by atoms with Gasteiger partial charge < -0.3 is 5.32 Å². The van der Waals surface area contributed by atoms with Crippen LogP contribution in [-0.4, -0.2) is 12.6 Å². The maximum absolute atomic E-state index is 3.80. The van der Waals surface area contributed by atoms with Gasteiger partial charge in [-0.3, -0.25) is 0 Å². The minimum Gasteiger partial charge on any atom is -0.314 e. The molecule has 1 aromatic carbocycles. The van der Waals surface area contributed by atoms with Crippen molar-refractivity contribution < 1.29 is 0 Å². The van der Waals surface area contributed by atoms with Gasteiger partial charge in [-0.2, -0.15) is 0 Å². The van der Waals surface area contributed by atoms with Crippen LogP contribution in [0.4, 0.5) is 0 Å². The molecule has 2 aliphatic rings. The standard InChI is InChI=1S/C18H27N/c1-13-6-8-15(9-7-13)17-10-18(11-17)19-12-16-5-3-4-14(16)2/h6-9,14,16-19H,3-5,10-12H2,1-2H3. The van der Waals surface area contributed by atoms with E-state index in [-0.39, 0.29) is 0 Å². The van der Waals surface area contributed by atoms with Crippen LogP contribution in [0.25, 0.3) is 0 Å². The number of hydrogen-bond donors (Lipinski definition) is 1. The van der Waals surface area contributed by atoms with Crippen molar-refractivity contribution >= 4 is 0 Å². The highest BCUT2D eigenvalue weighted by atomic mass is 14.9. The maximum atomic E-state index is 3.80. The van der Waals surface area contributed by atoms with Gasteiger partial charge in [0.25, 0.3) is 0 Å². The normalized spacial score (nSPS) is 34.2. The first-order valence-corrected chi connectivity index (χ1v) is 8.02. The van der Waals surface area contributed by atoms with Crippen LogP contribution in [0.1, 0.15) is 56.1 Å². The van der Waals surface area contributed by atoms with Crippen molar-refractivity contribution in [2.75, 3.05) is 6.54 Å². The van der Waals surface area contributed by atoms with Gasteiger partial charge in [0.2, 0.25) is 0 Å². The summed E-state index contributed by atoms with van der Waals surface area (Å²) >= 11 is 0. The Morgan fingerprint density at radius 1 is 1.11 bits per heavy atom. The van der Waals surface area contributed by atoms with Crippen molar-refractivity contribution in [3.8, 4) is 0 Å². The molecule has 0 radical (unpaired) electrons. The monoisotopic (exact) mass is 257 g/mol. The largest absolute Gasteiger partial charge is 0.314 e. The van der Waals surface area contributed by atoms with E-state index in [9.17, 15) is 0 Å². The second kappa shape index (κ2) is 5.66. The summed E-state index contributed by atoms with van der Waals surface area (Å²) < 4.78 is 0. The van der Waals surface area contributed by atoms with E-state index in [0.717, 1.165) is 23.8 Å². The summed E-state index contributed by atoms with van der Waals surface area (Å²) in [4.78, 5) is 0. The van der Waals surface area contributed by atoms with Gasteiger partial charge in [0.05, 0.1) is 0 Å². The van der Waals surface area contributed by atoms with E-state index >= 15 is 0 Å². The molecule has 2 fully saturated rings. The summed E-state index contributed by atoms with van der Waals surface area (Å²) in [5.41, 5.74) is 2.91. The fraction of sp³-hybridized carbons (Fsp3) is 0.667. The Bertz CT molecular complexity index is 402. The van der Waals surface area contributed by atoms with Gasteiger partial charge in [0, 0.05) is 6.04 Å². The Morgan fingerprint density at radius 3 is 2.47 bits per heavy atom. The highest BCUT2D eigenvalue weighted by molar-refractivity contribution is 5.26. The highest BCUT2D eigenvalue weighted by Crippen LogP contribution is 2.37. The van der Waals surface area contributed by atoms with Gasteiger partial charge in [-0.15, -0.1) is 0 Å². The molecule has 1 N–H and O–H groups in total. The average Bonchev–Trinajstić information content (AvgIpc) is 2.75. The molecule has 104 valence electrons. The number of hydrogen-bond acceptors (Lipinski definition) is 1. The van der Waals surface area contributed by atoms with Crippen LogP contribution >= 0.6 is 0 Å². The number of nitrogens with one attached hydrogen (secondary N) is 1. The van der Waals surface area contributed by atoms with Crippen LogP contribution in [0.2, 0.25) is 0 Å². The fourth-order valence-electron chi connectivity index (χ4n) is 3.74. The summed E-state index contributed by atoms with van der Waals surface area (Å²) in [6, 6.07) is 9.90. The Kier molecular flexibility index (Phi) is 3.93. The third-order valence-corrected chi connectivity index (χ3v) is 5.39. The van der Waals surface area contributed by atoms with Gasteiger partial charge in [0.15, 0.2) is 0 Å². The Hall–Kier alpha value is -0.820. The van der Waals surface area contributed by atoms with Crippen molar-refractivity contribution in [1.82, 2.24) is 5.32 Å². The molecule has 1 aromatic rings. The first kappa shape index (κ1) is 13.2. The first-order chi connectivity index (χ1) is 9.22. The van der Waals surface area contributed by atoms with E-state index in [2.05, 4.69) is 43.4 Å². The molecule has 2 aliphatic carbocycles. The lowest BCUT2D eigenvalue weighted by molar-refractivity contribution is 0.264. The van der Waals surface area contributed by atoms with E-state index in [1.807, 2.05) is 0 Å². The Labute approximate surface area is 117 Å². The molecule has 0 aromatic heterocycles. The summed E-state index contributed by atoms with van der Waals surface area (Å²) in [5, 5.41) is 3.80. The molecule has 0 aliphatic heterocycles. The topological polar surface area (TPSA) is 12.0 Å². The molecular formula is C18H27N. The fourth-order valence-corrected chi connectivity index (χ4v) is 3.74. The van der Waals surface area contributed by atoms with E-state index in [0.29, 0.717) is 0 Å². The molecule has 2 unspecified atom stereocenters. The van der Waals surface area contributed by atoms with Gasteiger partial charge in [-0.05, 0) is 56.0 Å². The molecule has 0 amide bonds. The molecule has 2 saturated carbocycles. The lowest BCUT2D eigenvalue weighted by Crippen LogP contribution is -2.42. The predicted octanol–water partition coefficient (Wildman–Crippen LogP) is 4.27. The summed E-state index contributed by atoms with van der Waals surface area (Å²) in [6.45, 7) is 5.85. The van der Waals surface area contributed by atoms with Gasteiger partial charge >= 0.3 is 0 Å². The zero-order valence-electron chi connectivity index (χ0n) is 12.4. The first-order valence-electron chi connectivity index (χ1n) is 8.02. The maximum Gasteiger partial charge on any atom is 0.00788 e. The van der Waals surface area contributed by atoms with Crippen molar-refractivity contribution in [2.24, 2.45) is 11.8 Å². The zero-order valence-corrected chi connectivity index (χ0v) is 12.4. The molecule has 1 heteroatoms. The van der Waals surface area contributed by atoms with E-state index in [1.165, 1.54) is 49.8 Å². The summed E-state index contributed by atoms with van der Waals surface area (Å²) in [7, 11) is 0. The average molecular weight is 257 g/mol. The quantitative estimate of drug-likeness (QED) is 0.849. The minimum absolute atomic E-state index is 0.777. The van der Waals surface area contributed by atoms with E-state index < -0.39 is 0 Å². The van der Waals surface area contributed by atoms with Gasteiger partial charge in [-0.25, -0.2) is 0 Å². The smallest absolute Gasteiger partial charge is 0.00788 e. The van der Waals surface area contributed by atoms with Crippen LogP contribution in [0.3, 0.4) is 0 Å². The number of benzene rings is 1. The Morgan fingerprint density at radius 2 is 1.84 bits per heavy atom. The third-order valence-electron chi connectivity index (χ3n) is 5.39. The second-order valence-electron chi connectivity index (χ2n) is 6.85. The van der Waals surface area contributed by atoms with Crippen LogP contribution in [0.15, 0.2) is 24.3 Å². The van der Waals surface area contributed by atoms with E-state index in [1.54, 1.807) is 0 Å². The molecule has 0 saturated heterocycles. The zero-order chi connectivity index (χ0) is 13.2. The lowest BCUT2D eigenvalue weighted by Gasteiger charge is -2.37. The van der Waals surface area contributed by atoms with Crippen molar-refractivity contribution in [1.29, 1.82) is 0 Å². The minimum atomic E-state index is 0.777. The number of rotatable bonds is 4. The second-order valence-corrected chi connectivity index (χ2v) is 6.85. The molecular weight excluding hydrogens is 230 g/mol. The molecule has 0 spiro atoms. The molecule has 0 heterocycles. The lowest BCUT2D eigenvalue weighted by atomic mass is 9.75. The summed E-state index contributed by atoms with van der Waals surface area (Å²) in [6.07, 6.45) is 7.02. The van der Waals surface area contributed by atoms with Crippen LogP contribution < -0.4 is 5.32 Å². The molecule has 0 bridgehead atoms. The van der Waals surface area contributed by atoms with Crippen LogP contribution in [0, 0.1) is 18.8 Å². The van der Waals surface area contributed by atoms with Crippen molar-refractivity contribution in [2.45, 2.75) is 57.9 Å². The van der Waals surface area contributed by atoms with Crippen LogP contribution in [-0.2, 0) is 0 Å². The molecule has 2 atom stereocenters. The van der Waals surface area contributed by atoms with E-state index in [4.69, 9.17) is 0 Å². The molecule has 19 heavy (non-hydrogen) atoms. The van der Waals surface area contributed by atoms with Crippen molar-refractivity contribution in [3.63, 3.8) is 0 Å². The van der Waals surface area contributed by atoms with Gasteiger partial charge in [-0.1, -0.05) is 49.6 Å². The predicted molar refractivity (Wildman–Crippen MR) is 81.4 cm³/mol. The van der Waals surface area contributed by atoms with Crippen molar-refractivity contribution in [3.05, 3.63) is 35.4 Å². The Balaban J connectivity index is 1.41. The van der Waals surface area contributed by atoms with Crippen LogP contribution in [0.5, 0.6) is 0 Å². The summed E-state index contributed by atoms with van der Waals surface area (Å²) in [5.74, 6) is 2.69. The van der Waals surface area contributed by atoms with Gasteiger partial charge in [0.1, 0.15) is 0 Å². The SMILES string of the molecule is Cc1ccc(C2CC(NCC3CCCC3C)C2)cc1.